The molecule has 3 aromatic rings. The van der Waals surface area contributed by atoms with Crippen molar-refractivity contribution in [3.8, 4) is 0 Å². The second kappa shape index (κ2) is 6.51. The number of benzene rings is 2. The third-order valence-electron chi connectivity index (χ3n) is 4.76. The van der Waals surface area contributed by atoms with Crippen LogP contribution in [0.5, 0.6) is 0 Å². The molecule has 5 heteroatoms. The monoisotopic (exact) mass is 335 g/mol. The molecule has 0 aliphatic heterocycles. The zero-order valence-corrected chi connectivity index (χ0v) is 14.9. The highest BCUT2D eigenvalue weighted by molar-refractivity contribution is 5.95. The number of amides is 1. The van der Waals surface area contributed by atoms with E-state index in [2.05, 4.69) is 22.2 Å². The first-order valence-electron chi connectivity index (χ1n) is 8.20. The molecular weight excluding hydrogens is 314 g/mol. The summed E-state index contributed by atoms with van der Waals surface area (Å²) in [5.41, 5.74) is 6.60. The van der Waals surface area contributed by atoms with E-state index >= 15 is 0 Å². The fourth-order valence-corrected chi connectivity index (χ4v) is 3.17. The summed E-state index contributed by atoms with van der Waals surface area (Å²) < 4.78 is 0. The van der Waals surface area contributed by atoms with Gasteiger partial charge in [-0.3, -0.25) is 9.59 Å². The van der Waals surface area contributed by atoms with Crippen molar-refractivity contribution in [1.82, 2.24) is 15.3 Å². The number of nitrogens with one attached hydrogen (secondary N) is 2. The molecule has 2 N–H and O–H groups in total. The maximum atomic E-state index is 12.1. The molecule has 128 valence electrons. The predicted octanol–water partition coefficient (Wildman–Crippen LogP) is 2.80. The Bertz CT molecular complexity index is 1040. The topological polar surface area (TPSA) is 74.8 Å². The van der Waals surface area contributed by atoms with Gasteiger partial charge >= 0.3 is 0 Å². The molecule has 1 amide bonds. The van der Waals surface area contributed by atoms with Crippen LogP contribution >= 0.6 is 0 Å². The number of aromatic amines is 1. The lowest BCUT2D eigenvalue weighted by molar-refractivity contribution is 0.0962. The molecule has 0 aliphatic rings. The van der Waals surface area contributed by atoms with E-state index in [4.69, 9.17) is 0 Å². The van der Waals surface area contributed by atoms with Gasteiger partial charge in [0.1, 0.15) is 0 Å². The zero-order chi connectivity index (χ0) is 18.1. The zero-order valence-electron chi connectivity index (χ0n) is 14.9. The number of aromatic nitrogens is 2. The maximum Gasteiger partial charge on any atom is 0.258 e. The highest BCUT2D eigenvalue weighted by atomic mass is 16.1. The van der Waals surface area contributed by atoms with Crippen molar-refractivity contribution >= 4 is 16.8 Å². The van der Waals surface area contributed by atoms with Crippen molar-refractivity contribution in [2.24, 2.45) is 0 Å². The smallest absolute Gasteiger partial charge is 0.258 e. The molecule has 0 radical (unpaired) electrons. The Balaban J connectivity index is 2.05. The van der Waals surface area contributed by atoms with Gasteiger partial charge in [-0.2, -0.15) is 0 Å². The van der Waals surface area contributed by atoms with Crippen molar-refractivity contribution in [3.05, 3.63) is 74.3 Å². The molecule has 0 saturated heterocycles. The van der Waals surface area contributed by atoms with Crippen LogP contribution in [0.1, 0.15) is 38.2 Å². The van der Waals surface area contributed by atoms with E-state index in [1.165, 1.54) is 6.33 Å². The van der Waals surface area contributed by atoms with Crippen molar-refractivity contribution in [2.75, 3.05) is 7.05 Å². The summed E-state index contributed by atoms with van der Waals surface area (Å²) >= 11 is 0. The molecule has 0 unspecified atom stereocenters. The fraction of sp³-hybridized carbons (Fsp3) is 0.250. The molecule has 1 aromatic heterocycles. The van der Waals surface area contributed by atoms with Crippen molar-refractivity contribution in [3.63, 3.8) is 0 Å². The Kier molecular flexibility index (Phi) is 4.40. The number of carbonyl (C=O) groups excluding carboxylic acids is 1. The average molecular weight is 335 g/mol. The van der Waals surface area contributed by atoms with Gasteiger partial charge in [-0.1, -0.05) is 12.1 Å². The molecule has 0 saturated carbocycles. The minimum atomic E-state index is -0.125. The van der Waals surface area contributed by atoms with E-state index in [9.17, 15) is 9.59 Å². The number of hydrogen-bond acceptors (Lipinski definition) is 3. The Morgan fingerprint density at radius 2 is 1.92 bits per heavy atom. The number of fused-ring (bicyclic) bond motifs is 1. The summed E-state index contributed by atoms with van der Waals surface area (Å²) in [7, 11) is 1.63. The lowest BCUT2D eigenvalue weighted by Crippen LogP contribution is -2.19. The second-order valence-corrected chi connectivity index (χ2v) is 6.32. The van der Waals surface area contributed by atoms with E-state index < -0.39 is 0 Å². The number of aryl methyl sites for hydroxylation is 2. The van der Waals surface area contributed by atoms with Gasteiger partial charge in [-0.05, 0) is 67.1 Å². The van der Waals surface area contributed by atoms with Gasteiger partial charge in [0.05, 0.1) is 17.2 Å². The van der Waals surface area contributed by atoms with Crippen LogP contribution in [0.25, 0.3) is 10.9 Å². The summed E-state index contributed by atoms with van der Waals surface area (Å²) in [5.74, 6) is -0.0839. The Morgan fingerprint density at radius 1 is 1.16 bits per heavy atom. The van der Waals surface area contributed by atoms with Gasteiger partial charge in [0, 0.05) is 12.6 Å². The van der Waals surface area contributed by atoms with Gasteiger partial charge in [-0.25, -0.2) is 4.98 Å². The minimum Gasteiger partial charge on any atom is -0.355 e. The molecule has 0 atom stereocenters. The predicted molar refractivity (Wildman–Crippen MR) is 99.2 cm³/mol. The van der Waals surface area contributed by atoms with E-state index in [-0.39, 0.29) is 11.5 Å². The lowest BCUT2D eigenvalue weighted by atomic mass is 9.93. The number of carbonyl (C=O) groups is 1. The quantitative estimate of drug-likeness (QED) is 0.773. The van der Waals surface area contributed by atoms with E-state index in [1.807, 2.05) is 38.1 Å². The Hall–Kier alpha value is -2.95. The normalized spacial score (nSPS) is 10.9. The highest BCUT2D eigenvalue weighted by Crippen LogP contribution is 2.24. The van der Waals surface area contributed by atoms with Crippen molar-refractivity contribution < 1.29 is 4.79 Å². The molecule has 0 aliphatic carbocycles. The fourth-order valence-electron chi connectivity index (χ4n) is 3.17. The molecule has 5 nitrogen and oxygen atoms in total. The number of H-pyrrole nitrogens is 1. The Morgan fingerprint density at radius 3 is 2.60 bits per heavy atom. The van der Waals surface area contributed by atoms with E-state index in [0.29, 0.717) is 17.4 Å². The SMILES string of the molecule is CNC(=O)c1ccc(Cc2cc3c(=O)[nH]cnc3c(C)c2C)cc1C. The van der Waals surface area contributed by atoms with Gasteiger partial charge in [0.25, 0.3) is 11.5 Å². The van der Waals surface area contributed by atoms with Gasteiger partial charge in [0.2, 0.25) is 0 Å². The molecule has 0 fully saturated rings. The summed E-state index contributed by atoms with van der Waals surface area (Å²) in [6.07, 6.45) is 2.14. The van der Waals surface area contributed by atoms with E-state index in [1.54, 1.807) is 7.05 Å². The van der Waals surface area contributed by atoms with Crippen molar-refractivity contribution in [1.29, 1.82) is 0 Å². The standard InChI is InChI=1S/C20H21N3O2/c1-11-7-14(5-6-16(11)19(24)21-4)8-15-9-17-18(13(3)12(15)2)22-10-23-20(17)25/h5-7,9-10H,8H2,1-4H3,(H,21,24)(H,22,23,25). The van der Waals surface area contributed by atoms with Crippen LogP contribution in [0.15, 0.2) is 35.4 Å². The summed E-state index contributed by atoms with van der Waals surface area (Å²) in [6.45, 7) is 5.98. The van der Waals surface area contributed by atoms with Crippen LogP contribution in [0, 0.1) is 20.8 Å². The molecular formula is C20H21N3O2. The van der Waals surface area contributed by atoms with Gasteiger partial charge < -0.3 is 10.3 Å². The first-order valence-corrected chi connectivity index (χ1v) is 8.20. The lowest BCUT2D eigenvalue weighted by Gasteiger charge is -2.13. The largest absolute Gasteiger partial charge is 0.355 e. The second-order valence-electron chi connectivity index (χ2n) is 6.32. The minimum absolute atomic E-state index is 0.0839. The van der Waals surface area contributed by atoms with Gasteiger partial charge in [0.15, 0.2) is 0 Å². The van der Waals surface area contributed by atoms with Crippen LogP contribution in [0.4, 0.5) is 0 Å². The molecule has 25 heavy (non-hydrogen) atoms. The maximum absolute atomic E-state index is 12.1. The van der Waals surface area contributed by atoms with Crippen LogP contribution in [0.2, 0.25) is 0 Å². The first-order chi connectivity index (χ1) is 11.9. The third kappa shape index (κ3) is 3.05. The average Bonchev–Trinajstić information content (AvgIpc) is 2.60. The van der Waals surface area contributed by atoms with Crippen LogP contribution in [-0.4, -0.2) is 22.9 Å². The molecule has 2 aromatic carbocycles. The molecule has 1 heterocycles. The number of hydrogen-bond donors (Lipinski definition) is 2. The summed E-state index contributed by atoms with van der Waals surface area (Å²) in [5, 5.41) is 3.26. The van der Waals surface area contributed by atoms with Crippen LogP contribution in [-0.2, 0) is 6.42 Å². The third-order valence-corrected chi connectivity index (χ3v) is 4.76. The number of nitrogens with zero attached hydrogens (tertiary/aromatic N) is 1. The van der Waals surface area contributed by atoms with E-state index in [0.717, 1.165) is 33.3 Å². The van der Waals surface area contributed by atoms with Gasteiger partial charge in [-0.15, -0.1) is 0 Å². The van der Waals surface area contributed by atoms with Crippen molar-refractivity contribution in [2.45, 2.75) is 27.2 Å². The molecule has 0 spiro atoms. The van der Waals surface area contributed by atoms with Crippen LogP contribution in [0.3, 0.4) is 0 Å². The van der Waals surface area contributed by atoms with Crippen LogP contribution < -0.4 is 10.9 Å². The highest BCUT2D eigenvalue weighted by Gasteiger charge is 2.12. The summed E-state index contributed by atoms with van der Waals surface area (Å²) in [4.78, 5) is 30.9. The molecule has 3 rings (SSSR count). The number of rotatable bonds is 3. The Labute approximate surface area is 146 Å². The molecule has 0 bridgehead atoms. The first kappa shape index (κ1) is 16.9. The summed E-state index contributed by atoms with van der Waals surface area (Å²) in [6, 6.07) is 7.76.